The zero-order valence-electron chi connectivity index (χ0n) is 11.8. The van der Waals surface area contributed by atoms with Crippen LogP contribution in [0.25, 0.3) is 32.3 Å². The molecular formula is C16H8Al4N2. The molecule has 6 heteroatoms. The van der Waals surface area contributed by atoms with Gasteiger partial charge in [-0.2, -0.15) is 0 Å². The van der Waals surface area contributed by atoms with Crippen LogP contribution in [-0.4, -0.2) is 66.0 Å². The van der Waals surface area contributed by atoms with Gasteiger partial charge in [-0.1, -0.05) is 36.4 Å². The first-order chi connectivity index (χ1) is 10.6. The first kappa shape index (κ1) is 15.2. The molecule has 2 nitrogen and oxygen atoms in total. The van der Waals surface area contributed by atoms with Gasteiger partial charge in [0.1, 0.15) is 0 Å². The summed E-state index contributed by atoms with van der Waals surface area (Å²) in [6.45, 7) is 0. The van der Waals surface area contributed by atoms with Gasteiger partial charge in [0.05, 0.1) is 0 Å². The zero-order valence-corrected chi connectivity index (χ0v) is 16.4. The fourth-order valence-corrected chi connectivity index (χ4v) is 4.12. The molecule has 4 rings (SSSR count). The molecule has 0 spiro atoms. The predicted molar refractivity (Wildman–Crippen MR) is 98.1 cm³/mol. The third-order valence-electron chi connectivity index (χ3n) is 4.17. The Bertz CT molecular complexity index is 916. The smallest absolute Gasteiger partial charge is 0.277 e. The maximum absolute atomic E-state index is 2.72. The summed E-state index contributed by atoms with van der Waals surface area (Å²) in [5.41, 5.74) is 2.38. The van der Waals surface area contributed by atoms with Crippen LogP contribution in [0.4, 0.5) is 11.4 Å². The van der Waals surface area contributed by atoms with E-state index < -0.39 is 0 Å². The van der Waals surface area contributed by atoms with E-state index in [9.17, 15) is 0 Å². The van der Waals surface area contributed by atoms with E-state index in [1.807, 2.05) is 5.73 Å². The minimum Gasteiger partial charge on any atom is -0.586 e. The number of rotatable bonds is 2. The Morgan fingerprint density at radius 1 is 0.500 bits per heavy atom. The Morgan fingerprint density at radius 2 is 0.864 bits per heavy atom. The van der Waals surface area contributed by atoms with E-state index in [1.165, 1.54) is 43.7 Å². The summed E-state index contributed by atoms with van der Waals surface area (Å²) in [6, 6.07) is 17.6. The number of hydrogen-bond donors (Lipinski definition) is 0. The van der Waals surface area contributed by atoms with Crippen LogP contribution in [-0.2, 0) is 0 Å². The average molecular weight is 336 g/mol. The normalized spacial score (nSPS) is 11.5. The summed E-state index contributed by atoms with van der Waals surface area (Å²) in [5, 5.41) is 7.78. The standard InChI is InChI=1S/C16H8N2.4Al/c17-13-8-4-10-2-6-12-14(18)7-3-9-1-5-11(13)16(10)15(9)12;;;;/h1-8H;;;;. The summed E-state index contributed by atoms with van der Waals surface area (Å²) < 4.78 is 4.04. The lowest BCUT2D eigenvalue weighted by Gasteiger charge is -2.25. The topological polar surface area (TPSA) is 6.48 Å². The second kappa shape index (κ2) is 5.62. The molecule has 0 heterocycles. The predicted octanol–water partition coefficient (Wildman–Crippen LogP) is 2.53. The third-order valence-corrected chi connectivity index (χ3v) is 5.29. The van der Waals surface area contributed by atoms with E-state index in [0.29, 0.717) is 0 Å². The number of hydrogen-bond acceptors (Lipinski definition) is 2. The van der Waals surface area contributed by atoms with Gasteiger partial charge in [-0.05, 0) is 45.1 Å². The molecule has 0 bridgehead atoms. The van der Waals surface area contributed by atoms with Crippen LogP contribution in [0.5, 0.6) is 0 Å². The highest BCUT2D eigenvalue weighted by Gasteiger charge is 2.12. The minimum atomic E-state index is 1.19. The van der Waals surface area contributed by atoms with Gasteiger partial charge in [0, 0.05) is 10.8 Å². The number of anilines is 2. The van der Waals surface area contributed by atoms with Crippen LogP contribution in [0.15, 0.2) is 48.5 Å². The highest BCUT2D eigenvalue weighted by molar-refractivity contribution is 6.45. The highest BCUT2D eigenvalue weighted by Crippen LogP contribution is 2.40. The first-order valence-electron chi connectivity index (χ1n) is 6.87. The van der Waals surface area contributed by atoms with E-state index in [0.717, 1.165) is 0 Å². The third kappa shape index (κ3) is 2.21. The Morgan fingerprint density at radius 3 is 1.23 bits per heavy atom. The quantitative estimate of drug-likeness (QED) is 0.410. The van der Waals surface area contributed by atoms with Crippen molar-refractivity contribution < 1.29 is 0 Å². The first-order valence-corrected chi connectivity index (χ1v) is 8.94. The van der Waals surface area contributed by atoms with Gasteiger partial charge >= 0.3 is 0 Å². The van der Waals surface area contributed by atoms with Crippen LogP contribution < -0.4 is 5.73 Å². The van der Waals surface area contributed by atoms with E-state index >= 15 is 0 Å². The Labute approximate surface area is 162 Å². The summed E-state index contributed by atoms with van der Waals surface area (Å²) in [4.78, 5) is 0. The fraction of sp³-hybridized carbons (Fsp3) is 0. The molecule has 0 fully saturated rings. The Hall–Kier alpha value is -0.350. The van der Waals surface area contributed by atoms with E-state index in [1.54, 1.807) is 0 Å². The lowest BCUT2D eigenvalue weighted by atomic mass is 9.93. The van der Waals surface area contributed by atoms with Gasteiger partial charge in [0.25, 0.3) is 66.0 Å². The molecule has 0 aliphatic carbocycles. The molecule has 8 radical (unpaired) electrons. The van der Waals surface area contributed by atoms with Crippen molar-refractivity contribution in [1.29, 1.82) is 0 Å². The van der Waals surface area contributed by atoms with Crippen molar-refractivity contribution in [3.8, 4) is 0 Å². The summed E-state index contributed by atoms with van der Waals surface area (Å²) in [6.07, 6.45) is 0. The molecule has 0 saturated heterocycles. The van der Waals surface area contributed by atoms with Crippen molar-refractivity contribution in [2.45, 2.75) is 0 Å². The van der Waals surface area contributed by atoms with Crippen LogP contribution in [0.2, 0.25) is 0 Å². The van der Waals surface area contributed by atoms with E-state index in [-0.39, 0.29) is 0 Å². The van der Waals surface area contributed by atoms with Crippen LogP contribution in [0.1, 0.15) is 0 Å². The molecule has 4 aromatic carbocycles. The average Bonchev–Trinajstić information content (AvgIpc) is 2.51. The molecule has 0 aromatic heterocycles. The van der Waals surface area contributed by atoms with Crippen LogP contribution >= 0.6 is 0 Å². The van der Waals surface area contributed by atoms with Gasteiger partial charge in [-0.25, -0.2) is 0 Å². The molecule has 0 atom stereocenters. The van der Waals surface area contributed by atoms with E-state index in [4.69, 9.17) is 0 Å². The van der Waals surface area contributed by atoms with Crippen molar-refractivity contribution in [2.24, 2.45) is 0 Å². The molecule has 0 N–H and O–H groups in total. The Kier molecular flexibility index (Phi) is 3.88. The zero-order chi connectivity index (χ0) is 15.4. The molecule has 94 valence electrons. The molecule has 4 aromatic rings. The summed E-state index contributed by atoms with van der Waals surface area (Å²) >= 11 is 10.9. The van der Waals surface area contributed by atoms with Crippen molar-refractivity contribution in [2.75, 3.05) is 5.73 Å². The molecule has 0 unspecified atom stereocenters. The molecule has 0 amide bonds. The van der Waals surface area contributed by atoms with Gasteiger partial charge in [-0.3, -0.25) is 0 Å². The van der Waals surface area contributed by atoms with Crippen molar-refractivity contribution >= 4 is 110 Å². The van der Waals surface area contributed by atoms with E-state index in [2.05, 4.69) is 115 Å². The SMILES string of the molecule is [Al][N]([Al])c1ccc2ccc3c([N]([Al])[Al])ccc4ccc1c2c43. The largest absolute Gasteiger partial charge is 0.586 e. The van der Waals surface area contributed by atoms with Crippen molar-refractivity contribution in [3.63, 3.8) is 0 Å². The summed E-state index contributed by atoms with van der Waals surface area (Å²) in [7, 11) is 0. The van der Waals surface area contributed by atoms with Gasteiger partial charge in [-0.15, -0.1) is 0 Å². The van der Waals surface area contributed by atoms with Crippen LogP contribution in [0, 0.1) is 0 Å². The molecular weight excluding hydrogens is 328 g/mol. The van der Waals surface area contributed by atoms with Crippen molar-refractivity contribution in [1.82, 2.24) is 0 Å². The maximum atomic E-state index is 2.72. The van der Waals surface area contributed by atoms with Crippen molar-refractivity contribution in [3.05, 3.63) is 48.5 Å². The summed E-state index contributed by atoms with van der Waals surface area (Å²) in [5.74, 6) is 0. The Balaban J connectivity index is 2.28. The maximum Gasteiger partial charge on any atom is 0.277 e. The molecule has 22 heavy (non-hydrogen) atoms. The molecule has 0 aliphatic heterocycles. The monoisotopic (exact) mass is 336 g/mol. The van der Waals surface area contributed by atoms with Crippen LogP contribution in [0.3, 0.4) is 0 Å². The second-order valence-electron chi connectivity index (χ2n) is 5.41. The minimum absolute atomic E-state index is 1.19. The lowest BCUT2D eigenvalue weighted by Crippen LogP contribution is -2.14. The highest BCUT2D eigenvalue weighted by atomic mass is 27.1. The number of benzene rings is 4. The van der Waals surface area contributed by atoms with Gasteiger partial charge < -0.3 is 5.73 Å². The fourth-order valence-electron chi connectivity index (χ4n) is 3.22. The lowest BCUT2D eigenvalue weighted by molar-refractivity contribution is 1.62. The second-order valence-corrected chi connectivity index (χ2v) is 8.82. The molecule has 0 saturated carbocycles. The molecule has 0 aliphatic rings. The van der Waals surface area contributed by atoms with Gasteiger partial charge in [0.15, 0.2) is 0 Å². The number of nitrogens with zero attached hydrogens (tertiary/aromatic N) is 2. The van der Waals surface area contributed by atoms with Gasteiger partial charge in [0.2, 0.25) is 0 Å².